The van der Waals surface area contributed by atoms with Crippen molar-refractivity contribution in [3.8, 4) is 0 Å². The van der Waals surface area contributed by atoms with E-state index in [4.69, 9.17) is 0 Å². The highest BCUT2D eigenvalue weighted by molar-refractivity contribution is 6.06. The van der Waals surface area contributed by atoms with Crippen LogP contribution in [-0.4, -0.2) is 75.0 Å². The fourth-order valence-electron chi connectivity index (χ4n) is 5.59. The average Bonchev–Trinajstić information content (AvgIpc) is 3.29. The number of hydrogen-bond acceptors (Lipinski definition) is 5. The van der Waals surface area contributed by atoms with Gasteiger partial charge in [-0.2, -0.15) is 0 Å². The zero-order valence-electron chi connectivity index (χ0n) is 15.9. The first-order chi connectivity index (χ1) is 13.5. The molecular formula is C21H26FN3O3. The molecule has 3 heterocycles. The number of halogens is 1. The highest BCUT2D eigenvalue weighted by Gasteiger charge is 2.64. The van der Waals surface area contributed by atoms with E-state index in [-0.39, 0.29) is 18.4 Å². The smallest absolute Gasteiger partial charge is 0.252 e. The number of benzene rings is 1. The molecule has 0 unspecified atom stereocenters. The summed E-state index contributed by atoms with van der Waals surface area (Å²) in [5, 5.41) is 10.2. The Balaban J connectivity index is 1.44. The molecule has 28 heavy (non-hydrogen) atoms. The zero-order valence-corrected chi connectivity index (χ0v) is 15.9. The predicted octanol–water partition coefficient (Wildman–Crippen LogP) is 1.13. The minimum Gasteiger partial charge on any atom is -0.392 e. The number of likely N-dealkylation sites (tertiary alicyclic amines) is 1. The topological polar surface area (TPSA) is 64.1 Å². The van der Waals surface area contributed by atoms with E-state index >= 15 is 0 Å². The van der Waals surface area contributed by atoms with Crippen LogP contribution in [0.1, 0.15) is 37.7 Å². The van der Waals surface area contributed by atoms with Gasteiger partial charge in [-0.25, -0.2) is 4.39 Å². The van der Waals surface area contributed by atoms with Crippen molar-refractivity contribution < 1.29 is 19.1 Å². The Morgan fingerprint density at radius 2 is 1.86 bits per heavy atom. The number of nitrogens with zero attached hydrogens (tertiary/aromatic N) is 3. The highest BCUT2D eigenvalue weighted by Crippen LogP contribution is 2.43. The average molecular weight is 387 g/mol. The van der Waals surface area contributed by atoms with Crippen LogP contribution in [0.3, 0.4) is 0 Å². The van der Waals surface area contributed by atoms with Gasteiger partial charge < -0.3 is 5.11 Å². The SMILES string of the molecule is O=C1[C@@H]2C[C@@H](O)CN2C2(CN(C3CCCC3)C2)C(=O)N1Cc1ccccc1F. The third kappa shape index (κ3) is 2.64. The van der Waals surface area contributed by atoms with Crippen molar-refractivity contribution in [2.24, 2.45) is 0 Å². The summed E-state index contributed by atoms with van der Waals surface area (Å²) in [6, 6.07) is 6.29. The molecule has 5 rings (SSSR count). The molecule has 6 nitrogen and oxygen atoms in total. The molecule has 1 N–H and O–H groups in total. The van der Waals surface area contributed by atoms with E-state index in [9.17, 15) is 19.1 Å². The number of imide groups is 1. The van der Waals surface area contributed by atoms with E-state index in [1.54, 1.807) is 18.2 Å². The van der Waals surface area contributed by atoms with Crippen molar-refractivity contribution in [2.75, 3.05) is 19.6 Å². The predicted molar refractivity (Wildman–Crippen MR) is 99.6 cm³/mol. The van der Waals surface area contributed by atoms with Gasteiger partial charge in [0.15, 0.2) is 0 Å². The quantitative estimate of drug-likeness (QED) is 0.788. The van der Waals surface area contributed by atoms with Gasteiger partial charge in [-0.05, 0) is 25.3 Å². The van der Waals surface area contributed by atoms with Crippen molar-refractivity contribution in [1.29, 1.82) is 0 Å². The first-order valence-electron chi connectivity index (χ1n) is 10.3. The van der Waals surface area contributed by atoms with Gasteiger partial charge in [-0.1, -0.05) is 31.0 Å². The molecule has 2 atom stereocenters. The summed E-state index contributed by atoms with van der Waals surface area (Å²) >= 11 is 0. The summed E-state index contributed by atoms with van der Waals surface area (Å²) in [5.74, 6) is -0.956. The standard InChI is InChI=1S/C21H26FN3O3/c22-17-8-4-1-5-14(17)10-24-19(27)18-9-16(26)11-25(18)21(20(24)28)12-23(13-21)15-6-2-3-7-15/h1,4-5,8,15-16,18,26H,2-3,6-7,9-13H2/t16-,18+/m1/s1. The maximum absolute atomic E-state index is 14.2. The lowest BCUT2D eigenvalue weighted by atomic mass is 9.81. The van der Waals surface area contributed by atoms with Gasteiger partial charge in [0.1, 0.15) is 11.4 Å². The van der Waals surface area contributed by atoms with E-state index in [1.807, 2.05) is 4.90 Å². The molecule has 0 radical (unpaired) electrons. The highest BCUT2D eigenvalue weighted by atomic mass is 19.1. The lowest BCUT2D eigenvalue weighted by molar-refractivity contribution is -0.183. The number of carbonyl (C=O) groups excluding carboxylic acids is 2. The Morgan fingerprint density at radius 3 is 2.57 bits per heavy atom. The number of aliphatic hydroxyl groups is 1. The third-order valence-corrected chi connectivity index (χ3v) is 7.08. The number of hydrogen-bond donors (Lipinski definition) is 1. The van der Waals surface area contributed by atoms with Gasteiger partial charge in [0.25, 0.3) is 5.91 Å². The number of amides is 2. The van der Waals surface area contributed by atoms with Gasteiger partial charge in [0.2, 0.25) is 5.91 Å². The number of piperazine rings is 1. The van der Waals surface area contributed by atoms with Gasteiger partial charge in [0.05, 0.1) is 18.7 Å². The second-order valence-electron chi connectivity index (χ2n) is 8.75. The van der Waals surface area contributed by atoms with Crippen LogP contribution in [0.5, 0.6) is 0 Å². The van der Waals surface area contributed by atoms with Crippen molar-refractivity contribution in [1.82, 2.24) is 14.7 Å². The Bertz CT molecular complexity index is 804. The monoisotopic (exact) mass is 387 g/mol. The van der Waals surface area contributed by atoms with Crippen LogP contribution in [-0.2, 0) is 16.1 Å². The first-order valence-corrected chi connectivity index (χ1v) is 10.3. The van der Waals surface area contributed by atoms with Crippen molar-refractivity contribution in [3.63, 3.8) is 0 Å². The Labute approximate surface area is 163 Å². The number of carbonyl (C=O) groups is 2. The van der Waals surface area contributed by atoms with Crippen LogP contribution < -0.4 is 0 Å². The summed E-state index contributed by atoms with van der Waals surface area (Å²) in [4.78, 5) is 32.1. The lowest BCUT2D eigenvalue weighted by Gasteiger charge is -2.60. The Hall–Kier alpha value is -1.83. The van der Waals surface area contributed by atoms with Gasteiger partial charge in [-0.15, -0.1) is 0 Å². The zero-order chi connectivity index (χ0) is 19.5. The van der Waals surface area contributed by atoms with Gasteiger partial charge in [0, 0.05) is 31.2 Å². The fourth-order valence-corrected chi connectivity index (χ4v) is 5.59. The summed E-state index contributed by atoms with van der Waals surface area (Å²) in [6.07, 6.45) is 4.51. The molecule has 1 aromatic rings. The summed E-state index contributed by atoms with van der Waals surface area (Å²) < 4.78 is 14.2. The number of rotatable bonds is 3. The molecule has 1 aromatic carbocycles. The normalized spacial score (nSPS) is 30.9. The summed E-state index contributed by atoms with van der Waals surface area (Å²) in [7, 11) is 0. The molecule has 4 fully saturated rings. The molecule has 3 aliphatic heterocycles. The van der Waals surface area contributed by atoms with Crippen LogP contribution in [0.25, 0.3) is 0 Å². The van der Waals surface area contributed by atoms with Crippen LogP contribution in [0.4, 0.5) is 4.39 Å². The maximum atomic E-state index is 14.2. The summed E-state index contributed by atoms with van der Waals surface area (Å²) in [6.45, 7) is 1.51. The van der Waals surface area contributed by atoms with Crippen LogP contribution in [0.15, 0.2) is 24.3 Å². The molecular weight excluding hydrogens is 361 g/mol. The minimum absolute atomic E-state index is 0.0457. The molecule has 1 saturated carbocycles. The number of β-amino-alcohol motifs (C(OH)–C–C–N with tert-alkyl or cyclic N) is 1. The Morgan fingerprint density at radius 1 is 1.14 bits per heavy atom. The number of fused-ring (bicyclic) bond motifs is 2. The molecule has 0 aromatic heterocycles. The molecule has 1 spiro atoms. The van der Waals surface area contributed by atoms with Crippen molar-refractivity contribution >= 4 is 11.8 Å². The second-order valence-corrected chi connectivity index (χ2v) is 8.75. The van der Waals surface area contributed by atoms with Crippen LogP contribution >= 0.6 is 0 Å². The van der Waals surface area contributed by atoms with Crippen molar-refractivity contribution in [3.05, 3.63) is 35.6 Å². The fraction of sp³-hybridized carbons (Fsp3) is 0.619. The Kier molecular flexibility index (Phi) is 4.30. The second kappa shape index (κ2) is 6.61. The molecule has 4 aliphatic rings. The van der Waals surface area contributed by atoms with E-state index in [2.05, 4.69) is 4.90 Å². The molecule has 1 aliphatic carbocycles. The largest absolute Gasteiger partial charge is 0.392 e. The van der Waals surface area contributed by atoms with Gasteiger partial charge in [-0.3, -0.25) is 24.3 Å². The molecule has 150 valence electrons. The third-order valence-electron chi connectivity index (χ3n) is 7.08. The first kappa shape index (κ1) is 18.2. The summed E-state index contributed by atoms with van der Waals surface area (Å²) in [5.41, 5.74) is -0.414. The maximum Gasteiger partial charge on any atom is 0.252 e. The van der Waals surface area contributed by atoms with E-state index in [1.165, 1.54) is 23.8 Å². The van der Waals surface area contributed by atoms with Crippen LogP contribution in [0.2, 0.25) is 0 Å². The van der Waals surface area contributed by atoms with Crippen molar-refractivity contribution in [2.45, 2.75) is 62.4 Å². The number of aliphatic hydroxyl groups excluding tert-OH is 1. The van der Waals surface area contributed by atoms with Gasteiger partial charge >= 0.3 is 0 Å². The lowest BCUT2D eigenvalue weighted by Crippen LogP contribution is -2.82. The molecule has 0 bridgehead atoms. The molecule has 7 heteroatoms. The minimum atomic E-state index is -0.760. The molecule has 2 amide bonds. The van der Waals surface area contributed by atoms with Crippen LogP contribution in [0, 0.1) is 5.82 Å². The molecule has 3 saturated heterocycles. The van der Waals surface area contributed by atoms with E-state index in [0.29, 0.717) is 37.7 Å². The van der Waals surface area contributed by atoms with E-state index in [0.717, 1.165) is 12.8 Å². The van der Waals surface area contributed by atoms with E-state index < -0.39 is 23.5 Å².